The molecule has 1 N–H and O–H groups in total. The van der Waals surface area contributed by atoms with Crippen LogP contribution in [0, 0.1) is 0 Å². The lowest BCUT2D eigenvalue weighted by Crippen LogP contribution is -2.44. The molecule has 0 aliphatic carbocycles. The molecule has 0 radical (unpaired) electrons. The summed E-state index contributed by atoms with van der Waals surface area (Å²) in [5.74, 6) is 2.85. The molecule has 0 saturated carbocycles. The van der Waals surface area contributed by atoms with Crippen LogP contribution in [0.3, 0.4) is 0 Å². The van der Waals surface area contributed by atoms with Gasteiger partial charge in [-0.3, -0.25) is 0 Å². The fourth-order valence-electron chi connectivity index (χ4n) is 2.67. The molecule has 2 aromatic heterocycles. The van der Waals surface area contributed by atoms with Crippen molar-refractivity contribution in [2.24, 2.45) is 0 Å². The van der Waals surface area contributed by atoms with Gasteiger partial charge in [-0.2, -0.15) is 9.50 Å². The molecule has 7 nitrogen and oxygen atoms in total. The van der Waals surface area contributed by atoms with Gasteiger partial charge in [0.15, 0.2) is 0 Å². The number of tetrazole rings is 1. The van der Waals surface area contributed by atoms with Crippen LogP contribution in [0.1, 0.15) is 12.1 Å². The number of nitrogens with one attached hydrogen (secondary N) is 1. The van der Waals surface area contributed by atoms with Gasteiger partial charge < -0.3 is 10.2 Å². The average molecular weight is 277 g/mol. The maximum absolute atomic E-state index is 4.68. The molecule has 0 aromatic carbocycles. The van der Waals surface area contributed by atoms with Crippen LogP contribution < -0.4 is 10.2 Å². The minimum Gasteiger partial charge on any atom is -0.353 e. The summed E-state index contributed by atoms with van der Waals surface area (Å²) >= 11 is 1.89. The zero-order valence-electron chi connectivity index (χ0n) is 10.5. The number of hydrogen-bond acceptors (Lipinski definition) is 7. The smallest absolute Gasteiger partial charge is 0.275 e. The number of thioether (sulfide) groups is 1. The molecule has 1 saturated heterocycles. The molecule has 0 unspecified atom stereocenters. The number of fused-ring (bicyclic) bond motifs is 3. The summed E-state index contributed by atoms with van der Waals surface area (Å²) in [5, 5.41) is 15.2. The van der Waals surface area contributed by atoms with Crippen LogP contribution in [-0.2, 0) is 6.42 Å². The highest BCUT2D eigenvalue weighted by Gasteiger charge is 2.24. The second-order valence-electron chi connectivity index (χ2n) is 4.79. The van der Waals surface area contributed by atoms with Gasteiger partial charge in [-0.25, -0.2) is 0 Å². The van der Waals surface area contributed by atoms with E-state index in [0.717, 1.165) is 44.2 Å². The van der Waals surface area contributed by atoms with Crippen molar-refractivity contribution in [3.05, 3.63) is 5.69 Å². The van der Waals surface area contributed by atoms with E-state index in [1.54, 1.807) is 4.52 Å². The Labute approximate surface area is 114 Å². The summed E-state index contributed by atoms with van der Waals surface area (Å²) in [5.41, 5.74) is 1.22. The number of aromatic nitrogens is 5. The van der Waals surface area contributed by atoms with Crippen LogP contribution >= 0.6 is 11.8 Å². The van der Waals surface area contributed by atoms with E-state index in [0.29, 0.717) is 5.78 Å². The summed E-state index contributed by atoms with van der Waals surface area (Å²) < 4.78 is 1.80. The molecule has 19 heavy (non-hydrogen) atoms. The molecule has 4 heterocycles. The monoisotopic (exact) mass is 277 g/mol. The molecule has 0 spiro atoms. The first-order valence-electron chi connectivity index (χ1n) is 6.63. The topological polar surface area (TPSA) is 71.2 Å². The molecular weight excluding hydrogens is 262 g/mol. The fraction of sp³-hybridized carbons (Fsp3) is 0.636. The Kier molecular flexibility index (Phi) is 2.77. The molecule has 1 fully saturated rings. The molecule has 2 aliphatic heterocycles. The van der Waals surface area contributed by atoms with Crippen molar-refractivity contribution in [2.75, 3.05) is 36.8 Å². The third kappa shape index (κ3) is 1.86. The van der Waals surface area contributed by atoms with E-state index in [1.165, 1.54) is 17.0 Å². The van der Waals surface area contributed by atoms with Crippen LogP contribution in [0.2, 0.25) is 0 Å². The van der Waals surface area contributed by atoms with Crippen molar-refractivity contribution < 1.29 is 0 Å². The Morgan fingerprint density at radius 3 is 3.00 bits per heavy atom. The summed E-state index contributed by atoms with van der Waals surface area (Å²) in [4.78, 5) is 8.30. The Balaban J connectivity index is 1.88. The van der Waals surface area contributed by atoms with Crippen LogP contribution in [-0.4, -0.2) is 57.0 Å². The van der Waals surface area contributed by atoms with E-state index < -0.39 is 0 Å². The Hall–Kier alpha value is -1.41. The van der Waals surface area contributed by atoms with Gasteiger partial charge in [-0.1, -0.05) is 5.10 Å². The third-order valence-electron chi connectivity index (χ3n) is 3.60. The molecule has 0 amide bonds. The number of nitrogens with zero attached hydrogens (tertiary/aromatic N) is 6. The van der Waals surface area contributed by atoms with Gasteiger partial charge in [0.05, 0.1) is 10.6 Å². The van der Waals surface area contributed by atoms with E-state index in [2.05, 4.69) is 30.7 Å². The number of piperazine rings is 1. The van der Waals surface area contributed by atoms with Gasteiger partial charge in [0, 0.05) is 26.2 Å². The van der Waals surface area contributed by atoms with Gasteiger partial charge in [0.1, 0.15) is 5.82 Å². The summed E-state index contributed by atoms with van der Waals surface area (Å²) in [6.07, 6.45) is 2.21. The number of anilines is 1. The number of rotatable bonds is 1. The molecule has 0 bridgehead atoms. The van der Waals surface area contributed by atoms with E-state index in [-0.39, 0.29) is 0 Å². The maximum Gasteiger partial charge on any atom is 0.275 e. The normalized spacial score (nSPS) is 19.7. The molecule has 8 heteroatoms. The van der Waals surface area contributed by atoms with Gasteiger partial charge in [0.25, 0.3) is 5.78 Å². The minimum absolute atomic E-state index is 0.620. The summed E-state index contributed by atoms with van der Waals surface area (Å²) in [7, 11) is 0. The van der Waals surface area contributed by atoms with Crippen LogP contribution in [0.4, 0.5) is 5.82 Å². The van der Waals surface area contributed by atoms with Crippen molar-refractivity contribution in [3.63, 3.8) is 0 Å². The Bertz CT molecular complexity index is 604. The lowest BCUT2D eigenvalue weighted by Gasteiger charge is -2.31. The van der Waals surface area contributed by atoms with Crippen LogP contribution in [0.5, 0.6) is 0 Å². The van der Waals surface area contributed by atoms with Crippen molar-refractivity contribution in [3.8, 4) is 0 Å². The minimum atomic E-state index is 0.620. The van der Waals surface area contributed by atoms with E-state index >= 15 is 0 Å². The lowest BCUT2D eigenvalue weighted by atomic mass is 10.2. The number of hydrogen-bond donors (Lipinski definition) is 1. The summed E-state index contributed by atoms with van der Waals surface area (Å²) in [6.45, 7) is 4.02. The van der Waals surface area contributed by atoms with Gasteiger partial charge in [-0.15, -0.1) is 11.8 Å². The van der Waals surface area contributed by atoms with Crippen molar-refractivity contribution in [1.29, 1.82) is 0 Å². The molecule has 4 rings (SSSR count). The van der Waals surface area contributed by atoms with E-state index in [1.807, 2.05) is 11.8 Å². The average Bonchev–Trinajstić information content (AvgIpc) is 2.96. The van der Waals surface area contributed by atoms with Crippen LogP contribution in [0.15, 0.2) is 4.90 Å². The molecule has 2 aliphatic rings. The predicted octanol–water partition coefficient (Wildman–Crippen LogP) is -0.0328. The second kappa shape index (κ2) is 4.61. The summed E-state index contributed by atoms with van der Waals surface area (Å²) in [6, 6.07) is 0. The largest absolute Gasteiger partial charge is 0.353 e. The first kappa shape index (κ1) is 11.4. The molecule has 100 valence electrons. The van der Waals surface area contributed by atoms with E-state index in [4.69, 9.17) is 0 Å². The van der Waals surface area contributed by atoms with Gasteiger partial charge in [-0.05, 0) is 29.0 Å². The molecular formula is C11H15N7S. The predicted molar refractivity (Wildman–Crippen MR) is 72.7 cm³/mol. The van der Waals surface area contributed by atoms with Crippen molar-refractivity contribution >= 4 is 23.4 Å². The number of aryl methyl sites for hydroxylation is 1. The lowest BCUT2D eigenvalue weighted by molar-refractivity contribution is 0.579. The second-order valence-corrected chi connectivity index (χ2v) is 5.90. The van der Waals surface area contributed by atoms with Gasteiger partial charge in [0.2, 0.25) is 0 Å². The quantitative estimate of drug-likeness (QED) is 0.784. The highest BCUT2D eigenvalue weighted by atomic mass is 32.2. The first-order valence-corrected chi connectivity index (χ1v) is 7.61. The highest BCUT2D eigenvalue weighted by Crippen LogP contribution is 2.36. The van der Waals surface area contributed by atoms with Crippen molar-refractivity contribution in [1.82, 2.24) is 30.3 Å². The maximum atomic E-state index is 4.68. The van der Waals surface area contributed by atoms with E-state index in [9.17, 15) is 0 Å². The Morgan fingerprint density at radius 1 is 1.21 bits per heavy atom. The van der Waals surface area contributed by atoms with Gasteiger partial charge >= 0.3 is 0 Å². The third-order valence-corrected chi connectivity index (χ3v) is 4.80. The highest BCUT2D eigenvalue weighted by molar-refractivity contribution is 7.99. The Morgan fingerprint density at radius 2 is 2.11 bits per heavy atom. The standard InChI is InChI=1S/C11H15N7S/c1-2-8-9(19-7-1)10(17-5-3-12-4-6-17)13-11-14-15-16-18(8)11/h12H,1-7H2. The van der Waals surface area contributed by atoms with Crippen LogP contribution in [0.25, 0.3) is 5.78 Å². The molecule has 0 atom stereocenters. The fourth-order valence-corrected chi connectivity index (χ4v) is 3.82. The SMILES string of the molecule is C1CSc2c(N3CCNCC3)nc3nnnn3c2C1. The zero-order valence-corrected chi connectivity index (χ0v) is 11.4. The molecule has 2 aromatic rings. The van der Waals surface area contributed by atoms with Crippen molar-refractivity contribution in [2.45, 2.75) is 17.7 Å². The first-order chi connectivity index (χ1) is 9.43. The zero-order chi connectivity index (χ0) is 12.7.